The second-order valence-electron chi connectivity index (χ2n) is 7.44. The number of hydrogen-bond acceptors (Lipinski definition) is 2. The van der Waals surface area contributed by atoms with E-state index >= 15 is 0 Å². The van der Waals surface area contributed by atoms with Crippen molar-refractivity contribution in [3.8, 4) is 5.75 Å². The Bertz CT molecular complexity index is 762. The third kappa shape index (κ3) is 4.22. The van der Waals surface area contributed by atoms with E-state index in [1.165, 1.54) is 18.4 Å². The summed E-state index contributed by atoms with van der Waals surface area (Å²) in [7, 11) is 0. The zero-order valence-electron chi connectivity index (χ0n) is 14.8. The molecule has 0 unspecified atom stereocenters. The largest absolute Gasteiger partial charge is 0.489 e. The molecule has 2 fully saturated rings. The topological polar surface area (TPSA) is 29.5 Å². The normalized spacial score (nSPS) is 16.5. The number of rotatable bonds is 7. The molecule has 0 atom stereocenters. The molecule has 0 radical (unpaired) electrons. The Morgan fingerprint density at radius 1 is 1.08 bits per heavy atom. The van der Waals surface area contributed by atoms with Gasteiger partial charge in [-0.1, -0.05) is 35.9 Å². The summed E-state index contributed by atoms with van der Waals surface area (Å²) in [5, 5.41) is 0. The van der Waals surface area contributed by atoms with Gasteiger partial charge in [0.05, 0.1) is 0 Å². The van der Waals surface area contributed by atoms with E-state index < -0.39 is 0 Å². The minimum Gasteiger partial charge on any atom is -0.489 e. The van der Waals surface area contributed by atoms with Crippen LogP contribution in [-0.2, 0) is 6.61 Å². The fourth-order valence-electron chi connectivity index (χ4n) is 3.22. The SMILES string of the molecule is Cc1cccc(COc2cccc(C(=O)N(CC3CC3)C3CC3)c2)c1. The van der Waals surface area contributed by atoms with Crippen molar-refractivity contribution >= 4 is 5.91 Å². The monoisotopic (exact) mass is 335 g/mol. The molecule has 0 aliphatic heterocycles. The number of carbonyl (C=O) groups is 1. The van der Waals surface area contributed by atoms with Gasteiger partial charge < -0.3 is 9.64 Å². The van der Waals surface area contributed by atoms with E-state index in [1.807, 2.05) is 30.3 Å². The van der Waals surface area contributed by atoms with Gasteiger partial charge in [-0.05, 0) is 62.3 Å². The van der Waals surface area contributed by atoms with Crippen molar-refractivity contribution in [1.82, 2.24) is 4.90 Å². The van der Waals surface area contributed by atoms with Crippen molar-refractivity contribution in [2.75, 3.05) is 6.54 Å². The zero-order valence-corrected chi connectivity index (χ0v) is 14.8. The van der Waals surface area contributed by atoms with E-state index in [0.29, 0.717) is 12.6 Å². The maximum atomic E-state index is 12.9. The number of nitrogens with zero attached hydrogens (tertiary/aromatic N) is 1. The van der Waals surface area contributed by atoms with Gasteiger partial charge >= 0.3 is 0 Å². The van der Waals surface area contributed by atoms with Crippen molar-refractivity contribution in [2.24, 2.45) is 5.92 Å². The van der Waals surface area contributed by atoms with Gasteiger partial charge in [-0.3, -0.25) is 4.79 Å². The minimum absolute atomic E-state index is 0.162. The number of hydrogen-bond donors (Lipinski definition) is 0. The van der Waals surface area contributed by atoms with Crippen molar-refractivity contribution in [3.63, 3.8) is 0 Å². The summed E-state index contributed by atoms with van der Waals surface area (Å²) in [6.45, 7) is 3.53. The molecular formula is C22H25NO2. The Balaban J connectivity index is 1.43. The first kappa shape index (κ1) is 16.2. The number of ether oxygens (including phenoxy) is 1. The van der Waals surface area contributed by atoms with Crippen LogP contribution < -0.4 is 4.74 Å². The maximum Gasteiger partial charge on any atom is 0.254 e. The van der Waals surface area contributed by atoms with E-state index in [-0.39, 0.29) is 5.91 Å². The highest BCUT2D eigenvalue weighted by Gasteiger charge is 2.36. The van der Waals surface area contributed by atoms with Gasteiger partial charge in [-0.25, -0.2) is 0 Å². The van der Waals surface area contributed by atoms with Gasteiger partial charge in [-0.2, -0.15) is 0 Å². The predicted molar refractivity (Wildman–Crippen MR) is 98.7 cm³/mol. The number of carbonyl (C=O) groups excluding carboxylic acids is 1. The zero-order chi connectivity index (χ0) is 17.2. The molecule has 2 aliphatic rings. The fourth-order valence-corrected chi connectivity index (χ4v) is 3.22. The van der Waals surface area contributed by atoms with Crippen LogP contribution in [0.15, 0.2) is 48.5 Å². The highest BCUT2D eigenvalue weighted by molar-refractivity contribution is 5.95. The lowest BCUT2D eigenvalue weighted by atomic mass is 10.1. The summed E-state index contributed by atoms with van der Waals surface area (Å²) in [5.41, 5.74) is 3.12. The maximum absolute atomic E-state index is 12.9. The van der Waals surface area contributed by atoms with Crippen LogP contribution in [0.1, 0.15) is 47.2 Å². The van der Waals surface area contributed by atoms with Crippen molar-refractivity contribution < 1.29 is 9.53 Å². The first-order valence-corrected chi connectivity index (χ1v) is 9.28. The third-order valence-electron chi connectivity index (χ3n) is 4.97. The molecule has 0 heterocycles. The summed E-state index contributed by atoms with van der Waals surface area (Å²) in [4.78, 5) is 15.0. The average Bonchev–Trinajstić information content (AvgIpc) is 3.51. The van der Waals surface area contributed by atoms with E-state index in [9.17, 15) is 4.79 Å². The Morgan fingerprint density at radius 2 is 1.88 bits per heavy atom. The molecular weight excluding hydrogens is 310 g/mol. The van der Waals surface area contributed by atoms with Crippen LogP contribution in [-0.4, -0.2) is 23.4 Å². The lowest BCUT2D eigenvalue weighted by Crippen LogP contribution is -2.34. The van der Waals surface area contributed by atoms with E-state index in [2.05, 4.69) is 30.0 Å². The van der Waals surface area contributed by atoms with Gasteiger partial charge in [0.2, 0.25) is 0 Å². The number of benzene rings is 2. The molecule has 0 N–H and O–H groups in total. The van der Waals surface area contributed by atoms with Crippen molar-refractivity contribution in [2.45, 2.75) is 45.3 Å². The molecule has 1 amide bonds. The van der Waals surface area contributed by atoms with Crippen molar-refractivity contribution in [3.05, 3.63) is 65.2 Å². The van der Waals surface area contributed by atoms with Gasteiger partial charge in [0.15, 0.2) is 0 Å². The Morgan fingerprint density at radius 3 is 2.60 bits per heavy atom. The molecule has 2 aromatic carbocycles. The van der Waals surface area contributed by atoms with Crippen LogP contribution in [0.2, 0.25) is 0 Å². The molecule has 130 valence electrons. The van der Waals surface area contributed by atoms with Crippen LogP contribution in [0.4, 0.5) is 0 Å². The van der Waals surface area contributed by atoms with Gasteiger partial charge in [-0.15, -0.1) is 0 Å². The second-order valence-corrected chi connectivity index (χ2v) is 7.44. The smallest absolute Gasteiger partial charge is 0.254 e. The summed E-state index contributed by atoms with van der Waals surface area (Å²) in [6, 6.07) is 16.4. The molecule has 0 saturated heterocycles. The predicted octanol–water partition coefficient (Wildman–Crippen LogP) is 4.59. The average molecular weight is 335 g/mol. The molecule has 3 heteroatoms. The molecule has 2 aliphatic carbocycles. The van der Waals surface area contributed by atoms with Crippen LogP contribution in [0.3, 0.4) is 0 Å². The van der Waals surface area contributed by atoms with Crippen LogP contribution in [0.5, 0.6) is 5.75 Å². The van der Waals surface area contributed by atoms with Crippen LogP contribution in [0, 0.1) is 12.8 Å². The van der Waals surface area contributed by atoms with E-state index in [1.54, 1.807) is 0 Å². The summed E-state index contributed by atoms with van der Waals surface area (Å²) >= 11 is 0. The molecule has 2 saturated carbocycles. The summed E-state index contributed by atoms with van der Waals surface area (Å²) in [6.07, 6.45) is 4.86. The Labute approximate surface area is 149 Å². The Hall–Kier alpha value is -2.29. The first-order valence-electron chi connectivity index (χ1n) is 9.28. The number of aryl methyl sites for hydroxylation is 1. The van der Waals surface area contributed by atoms with E-state index in [4.69, 9.17) is 4.74 Å². The van der Waals surface area contributed by atoms with Crippen LogP contribution >= 0.6 is 0 Å². The van der Waals surface area contributed by atoms with Crippen LogP contribution in [0.25, 0.3) is 0 Å². The molecule has 25 heavy (non-hydrogen) atoms. The molecule has 0 spiro atoms. The third-order valence-corrected chi connectivity index (χ3v) is 4.97. The fraction of sp³-hybridized carbons (Fsp3) is 0.409. The van der Waals surface area contributed by atoms with E-state index in [0.717, 1.165) is 42.2 Å². The molecule has 4 rings (SSSR count). The highest BCUT2D eigenvalue weighted by Crippen LogP contribution is 2.35. The van der Waals surface area contributed by atoms with Gasteiger partial charge in [0.1, 0.15) is 12.4 Å². The quantitative estimate of drug-likeness (QED) is 0.741. The molecule has 3 nitrogen and oxygen atoms in total. The van der Waals surface area contributed by atoms with Gasteiger partial charge in [0.25, 0.3) is 5.91 Å². The second kappa shape index (κ2) is 6.91. The summed E-state index contributed by atoms with van der Waals surface area (Å²) < 4.78 is 5.92. The number of amides is 1. The first-order chi connectivity index (χ1) is 12.2. The lowest BCUT2D eigenvalue weighted by molar-refractivity contribution is 0.0734. The molecule has 0 aromatic heterocycles. The highest BCUT2D eigenvalue weighted by atomic mass is 16.5. The minimum atomic E-state index is 0.162. The molecule has 2 aromatic rings. The van der Waals surface area contributed by atoms with Crippen molar-refractivity contribution in [1.29, 1.82) is 0 Å². The summed E-state index contributed by atoms with van der Waals surface area (Å²) in [5.74, 6) is 1.65. The van der Waals surface area contributed by atoms with Gasteiger partial charge in [0, 0.05) is 18.2 Å². The molecule has 0 bridgehead atoms. The Kier molecular flexibility index (Phi) is 4.48. The lowest BCUT2D eigenvalue weighted by Gasteiger charge is -2.22. The standard InChI is InChI=1S/C22H25NO2/c1-16-4-2-5-18(12-16)15-25-21-7-3-6-19(13-21)22(24)23(20-10-11-20)14-17-8-9-17/h2-7,12-13,17,20H,8-11,14-15H2,1H3.